The molecule has 1 amide bonds. The van der Waals surface area contributed by atoms with Crippen LogP contribution in [-0.4, -0.2) is 31.2 Å². The molecule has 0 saturated carbocycles. The van der Waals surface area contributed by atoms with Gasteiger partial charge in [-0.25, -0.2) is 8.42 Å². The summed E-state index contributed by atoms with van der Waals surface area (Å²) in [5.41, 5.74) is 1.82. The summed E-state index contributed by atoms with van der Waals surface area (Å²) in [5.74, 6) is -0.274. The van der Waals surface area contributed by atoms with Crippen LogP contribution in [0.5, 0.6) is 0 Å². The number of nitrogens with one attached hydrogen (secondary N) is 1. The van der Waals surface area contributed by atoms with Gasteiger partial charge in [-0.05, 0) is 61.2 Å². The molecule has 144 valence electrons. The Morgan fingerprint density at radius 2 is 1.93 bits per heavy atom. The Morgan fingerprint density at radius 1 is 1.19 bits per heavy atom. The molecule has 27 heavy (non-hydrogen) atoms. The number of nitrogens with zero attached hydrogens (tertiary/aromatic N) is 1. The molecule has 1 aliphatic rings. The Morgan fingerprint density at radius 3 is 2.63 bits per heavy atom. The summed E-state index contributed by atoms with van der Waals surface area (Å²) in [6, 6.07) is 13.5. The third kappa shape index (κ3) is 4.59. The lowest BCUT2D eigenvalue weighted by Crippen LogP contribution is -2.49. The second kappa shape index (κ2) is 8.54. The van der Waals surface area contributed by atoms with Crippen molar-refractivity contribution in [2.45, 2.75) is 43.5 Å². The van der Waals surface area contributed by atoms with Crippen LogP contribution in [0.25, 0.3) is 0 Å². The molecule has 0 spiro atoms. The predicted octanol–water partition coefficient (Wildman–Crippen LogP) is 4.19. The molecule has 5 nitrogen and oxygen atoms in total. The summed E-state index contributed by atoms with van der Waals surface area (Å²) >= 11 is 3.32. The van der Waals surface area contributed by atoms with E-state index in [1.807, 2.05) is 24.3 Å². The third-order valence-corrected chi connectivity index (χ3v) is 7.23. The van der Waals surface area contributed by atoms with E-state index in [1.54, 1.807) is 24.3 Å². The summed E-state index contributed by atoms with van der Waals surface area (Å²) in [7, 11) is -3.73. The molecular formula is C20H23BrN2O3S. The quantitative estimate of drug-likeness (QED) is 0.742. The minimum Gasteiger partial charge on any atom is -0.325 e. The van der Waals surface area contributed by atoms with Crippen molar-refractivity contribution in [3.8, 4) is 0 Å². The Hall–Kier alpha value is -1.70. The van der Waals surface area contributed by atoms with Gasteiger partial charge in [0.15, 0.2) is 0 Å². The zero-order chi connectivity index (χ0) is 19.4. The van der Waals surface area contributed by atoms with Gasteiger partial charge in [-0.15, -0.1) is 0 Å². The number of halogens is 1. The first-order valence-electron chi connectivity index (χ1n) is 9.09. The first kappa shape index (κ1) is 20.0. The highest BCUT2D eigenvalue weighted by molar-refractivity contribution is 9.10. The Kier molecular flexibility index (Phi) is 6.34. The normalized spacial score (nSPS) is 18.2. The van der Waals surface area contributed by atoms with Crippen molar-refractivity contribution >= 4 is 37.5 Å². The van der Waals surface area contributed by atoms with Crippen LogP contribution in [-0.2, 0) is 21.2 Å². The van der Waals surface area contributed by atoms with Gasteiger partial charge in [0.05, 0.1) is 4.90 Å². The van der Waals surface area contributed by atoms with Gasteiger partial charge in [-0.1, -0.05) is 41.4 Å². The number of hydrogen-bond acceptors (Lipinski definition) is 3. The summed E-state index contributed by atoms with van der Waals surface area (Å²) < 4.78 is 28.4. The van der Waals surface area contributed by atoms with Gasteiger partial charge >= 0.3 is 0 Å². The fourth-order valence-electron chi connectivity index (χ4n) is 3.29. The minimum absolute atomic E-state index is 0.207. The fourth-order valence-corrected chi connectivity index (χ4v) is 5.21. The van der Waals surface area contributed by atoms with Crippen LogP contribution in [0.2, 0.25) is 0 Å². The van der Waals surface area contributed by atoms with E-state index in [9.17, 15) is 13.2 Å². The van der Waals surface area contributed by atoms with Crippen molar-refractivity contribution in [2.24, 2.45) is 0 Å². The predicted molar refractivity (Wildman–Crippen MR) is 110 cm³/mol. The van der Waals surface area contributed by atoms with Crippen molar-refractivity contribution in [1.82, 2.24) is 4.31 Å². The third-order valence-electron chi connectivity index (χ3n) is 4.78. The minimum atomic E-state index is -3.73. The van der Waals surface area contributed by atoms with Gasteiger partial charge in [0, 0.05) is 16.7 Å². The summed E-state index contributed by atoms with van der Waals surface area (Å²) in [6.45, 7) is 2.40. The summed E-state index contributed by atoms with van der Waals surface area (Å²) in [5, 5.41) is 2.90. The Labute approximate surface area is 169 Å². The maximum atomic E-state index is 13.1. The molecule has 2 aromatic rings. The number of aryl methyl sites for hydroxylation is 1. The van der Waals surface area contributed by atoms with Crippen LogP contribution in [0.1, 0.15) is 31.7 Å². The van der Waals surface area contributed by atoms with Gasteiger partial charge in [0.2, 0.25) is 15.9 Å². The zero-order valence-corrected chi connectivity index (χ0v) is 17.6. The van der Waals surface area contributed by atoms with Crippen LogP contribution in [0.15, 0.2) is 57.9 Å². The molecule has 1 atom stereocenters. The molecular weight excluding hydrogens is 428 g/mol. The first-order valence-corrected chi connectivity index (χ1v) is 11.3. The summed E-state index contributed by atoms with van der Waals surface area (Å²) in [4.78, 5) is 13.1. The van der Waals surface area contributed by atoms with E-state index >= 15 is 0 Å². The van der Waals surface area contributed by atoms with Crippen molar-refractivity contribution in [1.29, 1.82) is 0 Å². The highest BCUT2D eigenvalue weighted by atomic mass is 79.9. The Bertz CT molecular complexity index is 913. The number of carbonyl (C=O) groups excluding carboxylic acids is 1. The van der Waals surface area contributed by atoms with Crippen LogP contribution in [0.3, 0.4) is 0 Å². The smallest absolute Gasteiger partial charge is 0.243 e. The van der Waals surface area contributed by atoms with E-state index in [2.05, 4.69) is 28.2 Å². The maximum Gasteiger partial charge on any atom is 0.243 e. The van der Waals surface area contributed by atoms with Crippen LogP contribution in [0, 0.1) is 0 Å². The van der Waals surface area contributed by atoms with E-state index in [0.717, 1.165) is 29.3 Å². The highest BCUT2D eigenvalue weighted by Gasteiger charge is 2.37. The molecule has 2 aromatic carbocycles. The fraction of sp³-hybridized carbons (Fsp3) is 0.350. The maximum absolute atomic E-state index is 13.1. The standard InChI is InChI=1S/C20H23BrN2O3S/c1-2-15-6-5-7-17(14-15)22-20(24)19-8-3-4-13-23(19)27(25,26)18-11-9-16(21)10-12-18/h5-7,9-12,14,19H,2-4,8,13H2,1H3,(H,22,24)/t19-/m0/s1. The van der Waals surface area contributed by atoms with Crippen molar-refractivity contribution in [3.63, 3.8) is 0 Å². The van der Waals surface area contributed by atoms with Crippen molar-refractivity contribution < 1.29 is 13.2 Å². The van der Waals surface area contributed by atoms with E-state index in [-0.39, 0.29) is 10.8 Å². The number of carbonyl (C=O) groups is 1. The Balaban J connectivity index is 1.84. The van der Waals surface area contributed by atoms with Crippen LogP contribution in [0.4, 0.5) is 5.69 Å². The number of amides is 1. The van der Waals surface area contributed by atoms with Crippen molar-refractivity contribution in [3.05, 3.63) is 58.6 Å². The van der Waals surface area contributed by atoms with Crippen molar-refractivity contribution in [2.75, 3.05) is 11.9 Å². The number of sulfonamides is 1. The molecule has 0 radical (unpaired) electrons. The summed E-state index contributed by atoms with van der Waals surface area (Å²) in [6.07, 6.45) is 2.98. The average Bonchev–Trinajstić information content (AvgIpc) is 2.68. The molecule has 3 rings (SSSR count). The monoisotopic (exact) mass is 450 g/mol. The lowest BCUT2D eigenvalue weighted by Gasteiger charge is -2.33. The number of piperidine rings is 1. The number of benzene rings is 2. The second-order valence-corrected chi connectivity index (χ2v) is 9.43. The SMILES string of the molecule is CCc1cccc(NC(=O)[C@@H]2CCCCN2S(=O)(=O)c2ccc(Br)cc2)c1. The average molecular weight is 451 g/mol. The zero-order valence-electron chi connectivity index (χ0n) is 15.2. The molecule has 7 heteroatoms. The van der Waals surface area contributed by atoms with E-state index in [0.29, 0.717) is 18.7 Å². The number of hydrogen-bond donors (Lipinski definition) is 1. The molecule has 0 aliphatic carbocycles. The lowest BCUT2D eigenvalue weighted by atomic mass is 10.0. The van der Waals surface area contributed by atoms with E-state index in [4.69, 9.17) is 0 Å². The number of rotatable bonds is 5. The van der Waals surface area contributed by atoms with Crippen LogP contribution < -0.4 is 5.32 Å². The molecule has 1 saturated heterocycles. The molecule has 1 aliphatic heterocycles. The van der Waals surface area contributed by atoms with Gasteiger partial charge < -0.3 is 5.32 Å². The molecule has 0 unspecified atom stereocenters. The molecule has 1 N–H and O–H groups in total. The van der Waals surface area contributed by atoms with Gasteiger partial charge in [-0.2, -0.15) is 4.31 Å². The molecule has 1 heterocycles. The van der Waals surface area contributed by atoms with Gasteiger partial charge in [0.25, 0.3) is 0 Å². The molecule has 0 bridgehead atoms. The second-order valence-electron chi connectivity index (χ2n) is 6.62. The molecule has 0 aromatic heterocycles. The van der Waals surface area contributed by atoms with Crippen LogP contribution >= 0.6 is 15.9 Å². The van der Waals surface area contributed by atoms with E-state index < -0.39 is 16.1 Å². The lowest BCUT2D eigenvalue weighted by molar-refractivity contribution is -0.120. The topological polar surface area (TPSA) is 66.5 Å². The first-order chi connectivity index (χ1) is 12.9. The number of anilines is 1. The van der Waals surface area contributed by atoms with Gasteiger partial charge in [0.1, 0.15) is 6.04 Å². The van der Waals surface area contributed by atoms with E-state index in [1.165, 1.54) is 4.31 Å². The highest BCUT2D eigenvalue weighted by Crippen LogP contribution is 2.27. The largest absolute Gasteiger partial charge is 0.325 e. The van der Waals surface area contributed by atoms with Gasteiger partial charge in [-0.3, -0.25) is 4.79 Å². The molecule has 1 fully saturated rings.